The van der Waals surface area contributed by atoms with E-state index < -0.39 is 0 Å². The van der Waals surface area contributed by atoms with Crippen LogP contribution >= 0.6 is 0 Å². The van der Waals surface area contributed by atoms with Gasteiger partial charge in [0, 0.05) is 25.9 Å². The minimum absolute atomic E-state index is 0.658. The minimum Gasteiger partial charge on any atom is -0.384 e. The average Bonchev–Trinajstić information content (AvgIpc) is 2.85. The van der Waals surface area contributed by atoms with Gasteiger partial charge in [-0.2, -0.15) is 0 Å². The van der Waals surface area contributed by atoms with Crippen LogP contribution in [0.5, 0.6) is 0 Å². The van der Waals surface area contributed by atoms with E-state index >= 15 is 0 Å². The third-order valence-corrected chi connectivity index (χ3v) is 3.53. The van der Waals surface area contributed by atoms with Crippen LogP contribution in [0.25, 0.3) is 0 Å². The molecule has 2 rings (SSSR count). The standard InChI is InChI=1S/C14H22N2O/c1-17-9-7-13-4-2-3-5-14(13)16-8-6-12(10-15)11-16/h2-5,12H,6-11,15H2,1H3. The molecule has 1 aromatic rings. The molecule has 0 aromatic heterocycles. The SMILES string of the molecule is COCCc1ccccc1N1CCC(CN)C1. The summed E-state index contributed by atoms with van der Waals surface area (Å²) in [6.07, 6.45) is 2.20. The first-order valence-corrected chi connectivity index (χ1v) is 6.37. The van der Waals surface area contributed by atoms with Crippen LogP contribution < -0.4 is 10.6 Å². The van der Waals surface area contributed by atoms with Crippen molar-refractivity contribution in [3.8, 4) is 0 Å². The number of ether oxygens (including phenoxy) is 1. The van der Waals surface area contributed by atoms with Crippen molar-refractivity contribution in [2.75, 3.05) is 38.3 Å². The van der Waals surface area contributed by atoms with Crippen molar-refractivity contribution in [2.24, 2.45) is 11.7 Å². The second kappa shape index (κ2) is 6.03. The zero-order valence-electron chi connectivity index (χ0n) is 10.6. The predicted octanol–water partition coefficient (Wildman–Crippen LogP) is 1.66. The lowest BCUT2D eigenvalue weighted by molar-refractivity contribution is 0.202. The van der Waals surface area contributed by atoms with Crippen LogP contribution in [-0.4, -0.2) is 33.4 Å². The largest absolute Gasteiger partial charge is 0.384 e. The molecule has 1 unspecified atom stereocenters. The zero-order valence-corrected chi connectivity index (χ0v) is 10.6. The van der Waals surface area contributed by atoms with E-state index in [0.29, 0.717) is 5.92 Å². The van der Waals surface area contributed by atoms with E-state index in [2.05, 4.69) is 29.2 Å². The fourth-order valence-electron chi connectivity index (χ4n) is 2.49. The molecule has 2 N–H and O–H groups in total. The third kappa shape index (κ3) is 2.99. The summed E-state index contributed by atoms with van der Waals surface area (Å²) in [5.74, 6) is 0.658. The number of hydrogen-bond donors (Lipinski definition) is 1. The molecule has 3 nitrogen and oxygen atoms in total. The van der Waals surface area contributed by atoms with Crippen molar-refractivity contribution >= 4 is 5.69 Å². The van der Waals surface area contributed by atoms with Gasteiger partial charge in [-0.15, -0.1) is 0 Å². The molecule has 0 bridgehead atoms. The van der Waals surface area contributed by atoms with Gasteiger partial charge in [-0.3, -0.25) is 0 Å². The van der Waals surface area contributed by atoms with Crippen LogP contribution in [0.3, 0.4) is 0 Å². The summed E-state index contributed by atoms with van der Waals surface area (Å²) in [5, 5.41) is 0. The molecule has 0 saturated carbocycles. The number of nitrogens with zero attached hydrogens (tertiary/aromatic N) is 1. The molecule has 0 spiro atoms. The van der Waals surface area contributed by atoms with Gasteiger partial charge in [0.15, 0.2) is 0 Å². The van der Waals surface area contributed by atoms with Gasteiger partial charge in [0.2, 0.25) is 0 Å². The molecule has 3 heteroatoms. The van der Waals surface area contributed by atoms with Crippen molar-refractivity contribution in [2.45, 2.75) is 12.8 Å². The van der Waals surface area contributed by atoms with Crippen LogP contribution in [0.1, 0.15) is 12.0 Å². The molecular weight excluding hydrogens is 212 g/mol. The van der Waals surface area contributed by atoms with Gasteiger partial charge in [-0.1, -0.05) is 18.2 Å². The monoisotopic (exact) mass is 234 g/mol. The number of para-hydroxylation sites is 1. The van der Waals surface area contributed by atoms with Gasteiger partial charge < -0.3 is 15.4 Å². The van der Waals surface area contributed by atoms with Gasteiger partial charge in [0.05, 0.1) is 6.61 Å². The molecule has 0 amide bonds. The molecule has 1 atom stereocenters. The Morgan fingerprint density at radius 1 is 1.41 bits per heavy atom. The smallest absolute Gasteiger partial charge is 0.0503 e. The molecule has 94 valence electrons. The van der Waals surface area contributed by atoms with Gasteiger partial charge in [0.1, 0.15) is 0 Å². The van der Waals surface area contributed by atoms with E-state index in [4.69, 9.17) is 10.5 Å². The van der Waals surface area contributed by atoms with Crippen molar-refractivity contribution in [1.82, 2.24) is 0 Å². The van der Waals surface area contributed by atoms with E-state index in [9.17, 15) is 0 Å². The number of hydrogen-bond acceptors (Lipinski definition) is 3. The fraction of sp³-hybridized carbons (Fsp3) is 0.571. The minimum atomic E-state index is 0.658. The number of nitrogens with two attached hydrogens (primary N) is 1. The van der Waals surface area contributed by atoms with Crippen LogP contribution in [0.4, 0.5) is 5.69 Å². The van der Waals surface area contributed by atoms with Gasteiger partial charge in [-0.05, 0) is 36.9 Å². The average molecular weight is 234 g/mol. The van der Waals surface area contributed by atoms with E-state index in [1.165, 1.54) is 17.7 Å². The van der Waals surface area contributed by atoms with Crippen LogP contribution in [0, 0.1) is 5.92 Å². The second-order valence-corrected chi connectivity index (χ2v) is 4.71. The van der Waals surface area contributed by atoms with Crippen molar-refractivity contribution in [3.05, 3.63) is 29.8 Å². The van der Waals surface area contributed by atoms with E-state index in [0.717, 1.165) is 32.7 Å². The number of methoxy groups -OCH3 is 1. The Morgan fingerprint density at radius 3 is 2.94 bits per heavy atom. The van der Waals surface area contributed by atoms with Crippen molar-refractivity contribution in [3.63, 3.8) is 0 Å². The van der Waals surface area contributed by atoms with E-state index in [1.54, 1.807) is 7.11 Å². The second-order valence-electron chi connectivity index (χ2n) is 4.71. The fourth-order valence-corrected chi connectivity index (χ4v) is 2.49. The Bertz CT molecular complexity index is 354. The normalized spacial score (nSPS) is 19.9. The van der Waals surface area contributed by atoms with Gasteiger partial charge in [-0.25, -0.2) is 0 Å². The molecule has 1 saturated heterocycles. The summed E-state index contributed by atoms with van der Waals surface area (Å²) >= 11 is 0. The summed E-state index contributed by atoms with van der Waals surface area (Å²) < 4.78 is 5.17. The summed E-state index contributed by atoms with van der Waals surface area (Å²) in [6.45, 7) is 3.81. The first-order valence-electron chi connectivity index (χ1n) is 6.37. The van der Waals surface area contributed by atoms with E-state index in [-0.39, 0.29) is 0 Å². The molecule has 17 heavy (non-hydrogen) atoms. The van der Waals surface area contributed by atoms with Gasteiger partial charge in [0.25, 0.3) is 0 Å². The molecule has 0 radical (unpaired) electrons. The molecule has 1 fully saturated rings. The Hall–Kier alpha value is -1.06. The zero-order chi connectivity index (χ0) is 12.1. The van der Waals surface area contributed by atoms with Crippen molar-refractivity contribution in [1.29, 1.82) is 0 Å². The summed E-state index contributed by atoms with van der Waals surface area (Å²) in [5.41, 5.74) is 8.49. The molecule has 1 heterocycles. The van der Waals surface area contributed by atoms with Gasteiger partial charge >= 0.3 is 0 Å². The first-order chi connectivity index (χ1) is 8.35. The highest BCUT2D eigenvalue weighted by molar-refractivity contribution is 5.54. The lowest BCUT2D eigenvalue weighted by atomic mass is 10.1. The molecule has 1 aliphatic rings. The highest BCUT2D eigenvalue weighted by Crippen LogP contribution is 2.26. The third-order valence-electron chi connectivity index (χ3n) is 3.53. The number of rotatable bonds is 5. The quantitative estimate of drug-likeness (QED) is 0.842. The molecule has 1 aromatic carbocycles. The lowest BCUT2D eigenvalue weighted by Gasteiger charge is -2.22. The molecule has 1 aliphatic heterocycles. The highest BCUT2D eigenvalue weighted by atomic mass is 16.5. The van der Waals surface area contributed by atoms with Crippen LogP contribution in [0.15, 0.2) is 24.3 Å². The summed E-state index contributed by atoms with van der Waals surface area (Å²) in [4.78, 5) is 2.46. The maximum atomic E-state index is 5.75. The maximum absolute atomic E-state index is 5.75. The Balaban J connectivity index is 2.09. The first kappa shape index (κ1) is 12.4. The Morgan fingerprint density at radius 2 is 2.24 bits per heavy atom. The highest BCUT2D eigenvalue weighted by Gasteiger charge is 2.22. The maximum Gasteiger partial charge on any atom is 0.0503 e. The molecular formula is C14H22N2O. The van der Waals surface area contributed by atoms with Crippen molar-refractivity contribution < 1.29 is 4.74 Å². The van der Waals surface area contributed by atoms with E-state index in [1.807, 2.05) is 0 Å². The Kier molecular flexibility index (Phi) is 4.40. The number of benzene rings is 1. The lowest BCUT2D eigenvalue weighted by Crippen LogP contribution is -2.23. The predicted molar refractivity (Wildman–Crippen MR) is 71.4 cm³/mol. The van der Waals surface area contributed by atoms with Crippen LogP contribution in [0.2, 0.25) is 0 Å². The van der Waals surface area contributed by atoms with Crippen LogP contribution in [-0.2, 0) is 11.2 Å². The Labute approximate surface area is 104 Å². The topological polar surface area (TPSA) is 38.5 Å². The number of anilines is 1. The summed E-state index contributed by atoms with van der Waals surface area (Å²) in [6, 6.07) is 8.63. The summed E-state index contributed by atoms with van der Waals surface area (Å²) in [7, 11) is 1.75. The molecule has 0 aliphatic carbocycles.